The maximum atomic E-state index is 6.27. The minimum atomic E-state index is 0.363. The molecule has 0 fully saturated rings. The van der Waals surface area contributed by atoms with Crippen molar-refractivity contribution in [3.05, 3.63) is 54.1 Å². The number of ether oxygens (including phenoxy) is 2. The van der Waals surface area contributed by atoms with Crippen molar-refractivity contribution < 1.29 is 9.47 Å². The topological polar surface area (TPSA) is 30.8 Å². The van der Waals surface area contributed by atoms with Crippen molar-refractivity contribution >= 4 is 22.5 Å². The molecule has 0 heterocycles. The standard InChI is InChI=1S/C15H14ClNO2/c1-18-13-9-5-3-7-11(13)15(16)17-12-8-4-6-10-14(12)19-2/h3-10H,1-2H3/b17-15-. The van der Waals surface area contributed by atoms with Gasteiger partial charge >= 0.3 is 0 Å². The SMILES string of the molecule is COc1ccccc1/N=C(\Cl)c1ccccc1OC. The molecule has 0 aliphatic carbocycles. The van der Waals surface area contributed by atoms with Gasteiger partial charge in [-0.2, -0.15) is 0 Å². The van der Waals surface area contributed by atoms with Crippen LogP contribution in [0.25, 0.3) is 0 Å². The summed E-state index contributed by atoms with van der Waals surface area (Å²) >= 11 is 6.27. The van der Waals surface area contributed by atoms with Crippen LogP contribution in [0.15, 0.2) is 53.5 Å². The molecule has 0 atom stereocenters. The molecule has 2 aromatic rings. The van der Waals surface area contributed by atoms with Crippen molar-refractivity contribution in [1.29, 1.82) is 0 Å². The Balaban J connectivity index is 2.43. The number of nitrogens with zero attached hydrogens (tertiary/aromatic N) is 1. The van der Waals surface area contributed by atoms with Gasteiger partial charge in [-0.1, -0.05) is 35.9 Å². The van der Waals surface area contributed by atoms with Crippen LogP contribution < -0.4 is 9.47 Å². The van der Waals surface area contributed by atoms with E-state index in [2.05, 4.69) is 4.99 Å². The Hall–Kier alpha value is -2.00. The van der Waals surface area contributed by atoms with Gasteiger partial charge in [0.25, 0.3) is 0 Å². The maximum absolute atomic E-state index is 6.27. The normalized spacial score (nSPS) is 11.2. The lowest BCUT2D eigenvalue weighted by molar-refractivity contribution is 0.414. The maximum Gasteiger partial charge on any atom is 0.144 e. The highest BCUT2D eigenvalue weighted by molar-refractivity contribution is 6.70. The molecule has 0 radical (unpaired) electrons. The van der Waals surface area contributed by atoms with Crippen LogP contribution in [0.3, 0.4) is 0 Å². The molecule has 0 aliphatic heterocycles. The van der Waals surface area contributed by atoms with E-state index in [4.69, 9.17) is 21.1 Å². The van der Waals surface area contributed by atoms with E-state index in [-0.39, 0.29) is 0 Å². The smallest absolute Gasteiger partial charge is 0.144 e. The molecule has 0 amide bonds. The summed E-state index contributed by atoms with van der Waals surface area (Å²) in [5.74, 6) is 1.36. The lowest BCUT2D eigenvalue weighted by atomic mass is 10.2. The molecular formula is C15H14ClNO2. The second kappa shape index (κ2) is 6.25. The molecule has 2 rings (SSSR count). The van der Waals surface area contributed by atoms with E-state index in [1.165, 1.54) is 0 Å². The van der Waals surface area contributed by atoms with Gasteiger partial charge in [-0.25, -0.2) is 4.99 Å². The Morgan fingerprint density at radius 1 is 0.895 bits per heavy atom. The number of halogens is 1. The Bertz CT molecular complexity index is 596. The molecule has 0 N–H and O–H groups in total. The van der Waals surface area contributed by atoms with Gasteiger partial charge in [0.2, 0.25) is 0 Å². The van der Waals surface area contributed by atoms with Crippen LogP contribution in [0.2, 0.25) is 0 Å². The summed E-state index contributed by atoms with van der Waals surface area (Å²) in [6.45, 7) is 0. The summed E-state index contributed by atoms with van der Waals surface area (Å²) in [7, 11) is 3.21. The zero-order valence-corrected chi connectivity index (χ0v) is 11.5. The molecule has 0 bridgehead atoms. The first-order valence-corrected chi connectivity index (χ1v) is 6.14. The molecule has 0 saturated carbocycles. The Labute approximate surface area is 117 Å². The number of para-hydroxylation sites is 3. The van der Waals surface area contributed by atoms with Gasteiger partial charge in [0.1, 0.15) is 22.4 Å². The van der Waals surface area contributed by atoms with Crippen LogP contribution in [0, 0.1) is 0 Å². The van der Waals surface area contributed by atoms with Crippen LogP contribution in [0.5, 0.6) is 11.5 Å². The van der Waals surface area contributed by atoms with Crippen molar-refractivity contribution in [2.45, 2.75) is 0 Å². The van der Waals surface area contributed by atoms with Crippen LogP contribution in [-0.4, -0.2) is 19.4 Å². The first-order chi connectivity index (χ1) is 9.26. The summed E-state index contributed by atoms with van der Waals surface area (Å²) in [6.07, 6.45) is 0. The van der Waals surface area contributed by atoms with Crippen LogP contribution in [0.4, 0.5) is 5.69 Å². The van der Waals surface area contributed by atoms with Crippen LogP contribution >= 0.6 is 11.6 Å². The summed E-state index contributed by atoms with van der Waals surface area (Å²) in [6, 6.07) is 14.9. The second-order valence-corrected chi connectivity index (χ2v) is 4.13. The fraction of sp³-hybridized carbons (Fsp3) is 0.133. The van der Waals surface area contributed by atoms with Gasteiger partial charge in [0.05, 0.1) is 19.8 Å². The molecule has 4 heteroatoms. The number of aliphatic imine (C=N–C) groups is 1. The first-order valence-electron chi connectivity index (χ1n) is 5.77. The van der Waals surface area contributed by atoms with Crippen molar-refractivity contribution in [2.75, 3.05) is 14.2 Å². The van der Waals surface area contributed by atoms with Gasteiger partial charge in [-0.15, -0.1) is 0 Å². The fourth-order valence-corrected chi connectivity index (χ4v) is 1.95. The Morgan fingerprint density at radius 3 is 2.16 bits per heavy atom. The van der Waals surface area contributed by atoms with E-state index in [9.17, 15) is 0 Å². The van der Waals surface area contributed by atoms with E-state index in [1.54, 1.807) is 14.2 Å². The number of hydrogen-bond donors (Lipinski definition) is 0. The predicted molar refractivity (Wildman–Crippen MR) is 78.0 cm³/mol. The molecule has 0 aliphatic rings. The van der Waals surface area contributed by atoms with Gasteiger partial charge < -0.3 is 9.47 Å². The van der Waals surface area contributed by atoms with E-state index in [0.29, 0.717) is 22.4 Å². The van der Waals surface area contributed by atoms with Gasteiger partial charge in [-0.05, 0) is 24.3 Å². The summed E-state index contributed by atoms with van der Waals surface area (Å²) in [5, 5.41) is 0.363. The third-order valence-corrected chi connectivity index (χ3v) is 2.92. The average molecular weight is 276 g/mol. The Morgan fingerprint density at radius 2 is 1.47 bits per heavy atom. The summed E-state index contributed by atoms with van der Waals surface area (Å²) in [5.41, 5.74) is 1.43. The molecule has 3 nitrogen and oxygen atoms in total. The summed E-state index contributed by atoms with van der Waals surface area (Å²) < 4.78 is 10.5. The molecule has 2 aromatic carbocycles. The Kier molecular flexibility index (Phi) is 4.42. The van der Waals surface area contributed by atoms with Gasteiger partial charge in [0.15, 0.2) is 0 Å². The van der Waals surface area contributed by atoms with Gasteiger partial charge in [0, 0.05) is 0 Å². The quantitative estimate of drug-likeness (QED) is 0.789. The third-order valence-electron chi connectivity index (χ3n) is 2.63. The minimum absolute atomic E-state index is 0.363. The van der Waals surface area contributed by atoms with Crippen LogP contribution in [0.1, 0.15) is 5.56 Å². The van der Waals surface area contributed by atoms with E-state index in [1.807, 2.05) is 48.5 Å². The second-order valence-electron chi connectivity index (χ2n) is 3.77. The van der Waals surface area contributed by atoms with E-state index in [0.717, 1.165) is 5.56 Å². The predicted octanol–water partition coefficient (Wildman–Crippen LogP) is 4.02. The number of benzene rings is 2. The summed E-state index contributed by atoms with van der Waals surface area (Å²) in [4.78, 5) is 4.39. The molecule has 0 saturated heterocycles. The lowest BCUT2D eigenvalue weighted by Crippen LogP contribution is -1.96. The molecule has 0 spiro atoms. The number of methoxy groups -OCH3 is 2. The largest absolute Gasteiger partial charge is 0.496 e. The molecule has 19 heavy (non-hydrogen) atoms. The highest BCUT2D eigenvalue weighted by Crippen LogP contribution is 2.29. The lowest BCUT2D eigenvalue weighted by Gasteiger charge is -2.07. The highest BCUT2D eigenvalue weighted by atomic mass is 35.5. The van der Waals surface area contributed by atoms with E-state index >= 15 is 0 Å². The van der Waals surface area contributed by atoms with Crippen molar-refractivity contribution in [3.63, 3.8) is 0 Å². The zero-order chi connectivity index (χ0) is 13.7. The number of hydrogen-bond acceptors (Lipinski definition) is 3. The molecular weight excluding hydrogens is 262 g/mol. The molecule has 0 aromatic heterocycles. The van der Waals surface area contributed by atoms with Crippen molar-refractivity contribution in [2.24, 2.45) is 4.99 Å². The number of rotatable bonds is 4. The molecule has 98 valence electrons. The minimum Gasteiger partial charge on any atom is -0.496 e. The zero-order valence-electron chi connectivity index (χ0n) is 10.8. The van der Waals surface area contributed by atoms with Crippen molar-refractivity contribution in [1.82, 2.24) is 0 Å². The third kappa shape index (κ3) is 3.06. The highest BCUT2D eigenvalue weighted by Gasteiger charge is 2.08. The first kappa shape index (κ1) is 13.4. The molecule has 0 unspecified atom stereocenters. The average Bonchev–Trinajstić information content (AvgIpc) is 2.47. The van der Waals surface area contributed by atoms with E-state index < -0.39 is 0 Å². The van der Waals surface area contributed by atoms with Gasteiger partial charge in [-0.3, -0.25) is 0 Å². The monoisotopic (exact) mass is 275 g/mol. The fourth-order valence-electron chi connectivity index (χ4n) is 1.70. The van der Waals surface area contributed by atoms with Crippen LogP contribution in [-0.2, 0) is 0 Å². The van der Waals surface area contributed by atoms with Crippen molar-refractivity contribution in [3.8, 4) is 11.5 Å².